The first-order valence-electron chi connectivity index (χ1n) is 15.7. The number of halogens is 2. The minimum atomic E-state index is -4.74. The Morgan fingerprint density at radius 1 is 1.00 bits per heavy atom. The van der Waals surface area contributed by atoms with Gasteiger partial charge in [0.15, 0.2) is 0 Å². The molecule has 13 nitrogen and oxygen atoms in total. The topological polar surface area (TPSA) is 188 Å². The molecule has 278 valence electrons. The van der Waals surface area contributed by atoms with Gasteiger partial charge in [-0.05, 0) is 118 Å². The Kier molecular flexibility index (Phi) is 12.8. The first-order valence-corrected chi connectivity index (χ1v) is 20.9. The second kappa shape index (κ2) is 16.0. The van der Waals surface area contributed by atoms with E-state index < -0.39 is 66.0 Å². The minimum Gasteiger partial charge on any atom is -0.333 e. The van der Waals surface area contributed by atoms with Crippen LogP contribution in [0.15, 0.2) is 88.4 Å². The average molecular weight is 978 g/mol. The third-order valence-corrected chi connectivity index (χ3v) is 11.9. The van der Waals surface area contributed by atoms with E-state index in [4.69, 9.17) is 4.84 Å². The molecule has 0 saturated carbocycles. The number of hydroxylamine groups is 2. The summed E-state index contributed by atoms with van der Waals surface area (Å²) in [6.45, 7) is 7.08. The number of fused-ring (bicyclic) bond motifs is 1. The predicted molar refractivity (Wildman–Crippen MR) is 213 cm³/mol. The second-order valence-electron chi connectivity index (χ2n) is 12.8. The number of benzene rings is 2. The van der Waals surface area contributed by atoms with Crippen molar-refractivity contribution in [1.29, 1.82) is 0 Å². The molecule has 2 aromatic carbocycles. The fraction of sp³-hybridized carbons (Fsp3) is 0.314. The van der Waals surface area contributed by atoms with Crippen molar-refractivity contribution in [3.05, 3.63) is 102 Å². The number of hydrogen-bond acceptors (Lipinski definition) is 10. The molecular weight excluding hydrogens is 940 g/mol. The van der Waals surface area contributed by atoms with Crippen LogP contribution < -0.4 is 4.90 Å². The molecule has 52 heavy (non-hydrogen) atoms. The number of hydrogen-bond donors (Lipinski definition) is 2. The number of imide groups is 1. The van der Waals surface area contributed by atoms with E-state index in [-0.39, 0.29) is 29.8 Å². The molecular formula is C35H37I2N3O10S2. The Labute approximate surface area is 330 Å². The number of rotatable bonds is 12. The highest BCUT2D eigenvalue weighted by atomic mass is 127. The van der Waals surface area contributed by atoms with Gasteiger partial charge < -0.3 is 9.74 Å². The maximum Gasteiger partial charge on any atom is 0.352 e. The fourth-order valence-electron chi connectivity index (χ4n) is 6.47. The van der Waals surface area contributed by atoms with Crippen molar-refractivity contribution in [2.24, 2.45) is 4.99 Å². The van der Waals surface area contributed by atoms with Gasteiger partial charge in [0.2, 0.25) is 0 Å². The lowest BCUT2D eigenvalue weighted by Crippen LogP contribution is -2.39. The first-order chi connectivity index (χ1) is 24.1. The van der Waals surface area contributed by atoms with E-state index in [2.05, 4.69) is 83.1 Å². The Morgan fingerprint density at radius 3 is 2.19 bits per heavy atom. The van der Waals surface area contributed by atoms with Gasteiger partial charge in [0.1, 0.15) is 6.54 Å². The van der Waals surface area contributed by atoms with Crippen LogP contribution in [0, 0.1) is 14.1 Å². The molecule has 2 heterocycles. The Bertz CT molecular complexity index is 2150. The normalized spacial score (nSPS) is 19.6. The van der Waals surface area contributed by atoms with E-state index in [1.54, 1.807) is 31.4 Å². The predicted octanol–water partition coefficient (Wildman–Crippen LogP) is 5.62. The van der Waals surface area contributed by atoms with Crippen LogP contribution in [0.5, 0.6) is 0 Å². The van der Waals surface area contributed by atoms with Gasteiger partial charge >= 0.3 is 5.97 Å². The molecule has 1 fully saturated rings. The number of aryl methyl sites for hydroxylation is 1. The standard InChI is InChI=1S/C35H37I2N3O10S2/c1-22-17-23(36)18-26(37)33(22)34(2,3)28(38-5)11-9-7-6-8-10-12-29-35(4,21-51(44,45)46)25-19-24(52(47,48)49)13-14-27(25)39(29)20-32(43)50-40-30(41)15-16-31(40)42/h6-14,17-19H,15-16,20-21H2,1-5H3,(H,44,45,46)(H,47,48,49)/b7-6+,10-8+,11-9+,29-12-,38-28+. The molecule has 0 bridgehead atoms. The number of aliphatic imine (C=N–C) groups is 1. The van der Waals surface area contributed by atoms with Gasteiger partial charge in [-0.15, -0.1) is 5.06 Å². The molecule has 0 spiro atoms. The van der Waals surface area contributed by atoms with Gasteiger partial charge in [0, 0.05) is 49.5 Å². The van der Waals surface area contributed by atoms with E-state index in [0.29, 0.717) is 5.06 Å². The van der Waals surface area contributed by atoms with Crippen molar-refractivity contribution >= 4 is 94.6 Å². The monoisotopic (exact) mass is 977 g/mol. The lowest BCUT2D eigenvalue weighted by Gasteiger charge is -2.29. The number of amides is 2. The Hall–Kier alpha value is -3.24. The van der Waals surface area contributed by atoms with Crippen LogP contribution >= 0.6 is 45.2 Å². The second-order valence-corrected chi connectivity index (χ2v) is 18.1. The summed E-state index contributed by atoms with van der Waals surface area (Å²) in [5.41, 5.74) is 1.50. The summed E-state index contributed by atoms with van der Waals surface area (Å²) >= 11 is 4.64. The summed E-state index contributed by atoms with van der Waals surface area (Å²) in [5.74, 6) is -3.37. The molecule has 2 aliphatic rings. The van der Waals surface area contributed by atoms with E-state index in [1.807, 2.05) is 12.2 Å². The summed E-state index contributed by atoms with van der Waals surface area (Å²) < 4.78 is 70.7. The maximum atomic E-state index is 13.1. The van der Waals surface area contributed by atoms with Crippen molar-refractivity contribution in [3.8, 4) is 0 Å². The van der Waals surface area contributed by atoms with E-state index in [1.165, 1.54) is 29.5 Å². The Balaban J connectivity index is 1.68. The molecule has 4 rings (SSSR count). The van der Waals surface area contributed by atoms with Gasteiger partial charge in [-0.3, -0.25) is 23.7 Å². The molecule has 1 unspecified atom stereocenters. The van der Waals surface area contributed by atoms with Crippen LogP contribution in [-0.4, -0.2) is 73.8 Å². The molecule has 17 heteroatoms. The van der Waals surface area contributed by atoms with Crippen molar-refractivity contribution in [3.63, 3.8) is 0 Å². The lowest BCUT2D eigenvalue weighted by molar-refractivity contribution is -0.196. The van der Waals surface area contributed by atoms with Crippen molar-refractivity contribution in [2.45, 2.75) is 56.3 Å². The summed E-state index contributed by atoms with van der Waals surface area (Å²) in [6.07, 6.45) is 11.6. The number of allylic oxidation sites excluding steroid dienone is 8. The van der Waals surface area contributed by atoms with Gasteiger partial charge in [0.05, 0.1) is 16.1 Å². The van der Waals surface area contributed by atoms with Gasteiger partial charge in [0.25, 0.3) is 32.1 Å². The molecule has 0 aliphatic carbocycles. The maximum absolute atomic E-state index is 13.1. The van der Waals surface area contributed by atoms with Crippen LogP contribution in [0.1, 0.15) is 50.3 Å². The number of carbonyl (C=O) groups excluding carboxylic acids is 3. The van der Waals surface area contributed by atoms with Gasteiger partial charge in [-0.25, -0.2) is 4.79 Å². The van der Waals surface area contributed by atoms with Crippen LogP contribution in [0.4, 0.5) is 5.69 Å². The smallest absolute Gasteiger partial charge is 0.333 e. The van der Waals surface area contributed by atoms with Crippen LogP contribution in [0.2, 0.25) is 0 Å². The molecule has 0 aromatic heterocycles. The third kappa shape index (κ3) is 9.27. The summed E-state index contributed by atoms with van der Waals surface area (Å²) in [7, 11) is -7.72. The highest BCUT2D eigenvalue weighted by Gasteiger charge is 2.47. The van der Waals surface area contributed by atoms with Crippen molar-refractivity contribution in [2.75, 3.05) is 24.2 Å². The van der Waals surface area contributed by atoms with Crippen molar-refractivity contribution < 1.29 is 45.2 Å². The lowest BCUT2D eigenvalue weighted by atomic mass is 9.77. The molecule has 0 radical (unpaired) electrons. The molecule has 1 saturated heterocycles. The number of anilines is 1. The quantitative estimate of drug-likeness (QED) is 0.0884. The molecule has 1 atom stereocenters. The fourth-order valence-corrected chi connectivity index (χ4v) is 10.8. The van der Waals surface area contributed by atoms with E-state index in [9.17, 15) is 40.3 Å². The van der Waals surface area contributed by atoms with E-state index in [0.717, 1.165) is 30.5 Å². The summed E-state index contributed by atoms with van der Waals surface area (Å²) in [4.78, 5) is 47.6. The van der Waals surface area contributed by atoms with Crippen LogP contribution in [0.3, 0.4) is 0 Å². The minimum absolute atomic E-state index is 0.0616. The highest BCUT2D eigenvalue weighted by molar-refractivity contribution is 14.1. The average Bonchev–Trinajstić information content (AvgIpc) is 3.43. The van der Waals surface area contributed by atoms with Gasteiger partial charge in [-0.2, -0.15) is 16.8 Å². The molecule has 2 amide bonds. The zero-order chi connectivity index (χ0) is 38.8. The number of nitrogens with zero attached hydrogens (tertiary/aromatic N) is 3. The number of carbonyl (C=O) groups is 3. The summed E-state index contributed by atoms with van der Waals surface area (Å²) in [5, 5.41) is 0.373. The third-order valence-electron chi connectivity index (χ3n) is 8.68. The van der Waals surface area contributed by atoms with Crippen LogP contribution in [0.25, 0.3) is 0 Å². The van der Waals surface area contributed by atoms with Crippen LogP contribution in [-0.2, 0) is 50.3 Å². The molecule has 2 aliphatic heterocycles. The molecule has 2 aromatic rings. The zero-order valence-electron chi connectivity index (χ0n) is 28.8. The highest BCUT2D eigenvalue weighted by Crippen LogP contribution is 2.49. The first kappa shape index (κ1) is 41.5. The van der Waals surface area contributed by atoms with Gasteiger partial charge in [-0.1, -0.05) is 44.2 Å². The van der Waals surface area contributed by atoms with Crippen molar-refractivity contribution in [1.82, 2.24) is 5.06 Å². The Morgan fingerprint density at radius 2 is 1.62 bits per heavy atom. The summed E-state index contributed by atoms with van der Waals surface area (Å²) in [6, 6.07) is 7.65. The SMILES string of the molecule is C\N=C(/C=C/C=C/C=C/C=C1\N(CC(=O)ON2C(=O)CCC2=O)c2ccc(S(=O)(=O)O)cc2C1(C)CS(=O)(=O)O)C(C)(C)c1c(C)cc(I)cc1I. The molecule has 2 N–H and O–H groups in total. The largest absolute Gasteiger partial charge is 0.352 e. The van der Waals surface area contributed by atoms with E-state index >= 15 is 0 Å². The zero-order valence-corrected chi connectivity index (χ0v) is 34.8.